The van der Waals surface area contributed by atoms with Gasteiger partial charge in [-0.25, -0.2) is 8.98 Å². The van der Waals surface area contributed by atoms with Gasteiger partial charge < -0.3 is 15.2 Å². The summed E-state index contributed by atoms with van der Waals surface area (Å²) in [5.74, 6) is -1.39. The van der Waals surface area contributed by atoms with Crippen molar-refractivity contribution in [2.75, 3.05) is 31.5 Å². The Morgan fingerprint density at radius 2 is 2.15 bits per heavy atom. The summed E-state index contributed by atoms with van der Waals surface area (Å²) in [6.45, 7) is -0.240. The largest absolute Gasteiger partial charge is 0.478 e. The Bertz CT molecular complexity index is 574. The van der Waals surface area contributed by atoms with Gasteiger partial charge in [0.05, 0.1) is 22.9 Å². The van der Waals surface area contributed by atoms with E-state index in [0.29, 0.717) is 5.69 Å². The third-order valence-electron chi connectivity index (χ3n) is 2.25. The fourth-order valence-electron chi connectivity index (χ4n) is 1.25. The zero-order valence-corrected chi connectivity index (χ0v) is 12.2. The van der Waals surface area contributed by atoms with Crippen LogP contribution in [-0.4, -0.2) is 45.7 Å². The molecule has 0 aliphatic carbocycles. The number of hydrogen-bond donors (Lipinski definition) is 2. The molecule has 0 aromatic heterocycles. The molecule has 0 atom stereocenters. The molecule has 0 saturated carbocycles. The number of carboxylic acids is 1. The van der Waals surface area contributed by atoms with Crippen LogP contribution in [0.15, 0.2) is 18.2 Å². The molecule has 0 aliphatic heterocycles. The molecular formula is C11H14ClNO6S. The third kappa shape index (κ3) is 5.33. The minimum atomic E-state index is -3.66. The number of methoxy groups -OCH3 is 1. The van der Waals surface area contributed by atoms with Crippen molar-refractivity contribution in [3.05, 3.63) is 28.8 Å². The highest BCUT2D eigenvalue weighted by atomic mass is 35.5. The van der Waals surface area contributed by atoms with Gasteiger partial charge in [0.25, 0.3) is 10.1 Å². The van der Waals surface area contributed by atoms with Crippen molar-refractivity contribution in [3.8, 4) is 0 Å². The first kappa shape index (κ1) is 16.7. The van der Waals surface area contributed by atoms with Gasteiger partial charge in [-0.15, -0.1) is 0 Å². The van der Waals surface area contributed by atoms with Crippen LogP contribution in [-0.2, 0) is 19.0 Å². The van der Waals surface area contributed by atoms with Crippen LogP contribution < -0.4 is 5.32 Å². The van der Waals surface area contributed by atoms with E-state index in [9.17, 15) is 13.2 Å². The molecule has 0 heterocycles. The molecule has 7 nitrogen and oxygen atoms in total. The van der Waals surface area contributed by atoms with Crippen LogP contribution in [0, 0.1) is 0 Å². The minimum Gasteiger partial charge on any atom is -0.478 e. The monoisotopic (exact) mass is 323 g/mol. The van der Waals surface area contributed by atoms with Gasteiger partial charge in [-0.1, -0.05) is 11.6 Å². The van der Waals surface area contributed by atoms with E-state index in [1.807, 2.05) is 0 Å². The van der Waals surface area contributed by atoms with Crippen LogP contribution in [0.25, 0.3) is 0 Å². The van der Waals surface area contributed by atoms with Gasteiger partial charge >= 0.3 is 5.97 Å². The topological polar surface area (TPSA) is 102 Å². The lowest BCUT2D eigenvalue weighted by atomic mass is 10.2. The summed E-state index contributed by atoms with van der Waals surface area (Å²) in [6.07, 6.45) is 0. The van der Waals surface area contributed by atoms with E-state index in [1.54, 1.807) is 0 Å². The van der Waals surface area contributed by atoms with Crippen LogP contribution >= 0.6 is 11.6 Å². The van der Waals surface area contributed by atoms with E-state index < -0.39 is 16.1 Å². The number of carbonyl (C=O) groups is 1. The molecule has 1 aromatic carbocycles. The Morgan fingerprint density at radius 1 is 1.45 bits per heavy atom. The van der Waals surface area contributed by atoms with Gasteiger partial charge in [-0.3, -0.25) is 0 Å². The standard InChI is InChI=1S/C11H14ClNO6S/c1-18-4-5-20(16,17)19-7-13-8-2-3-9(11(14)15)10(12)6-8/h2-3,6,13H,4-5,7H2,1H3,(H,14,15). The average Bonchev–Trinajstić information content (AvgIpc) is 2.36. The van der Waals surface area contributed by atoms with Gasteiger partial charge in [-0.05, 0) is 18.2 Å². The van der Waals surface area contributed by atoms with Crippen molar-refractivity contribution in [3.63, 3.8) is 0 Å². The third-order valence-corrected chi connectivity index (χ3v) is 3.71. The van der Waals surface area contributed by atoms with Crippen LogP contribution in [0.5, 0.6) is 0 Å². The van der Waals surface area contributed by atoms with Crippen molar-refractivity contribution < 1.29 is 27.2 Å². The number of carboxylic acid groups (broad SMARTS) is 1. The molecule has 0 radical (unpaired) electrons. The lowest BCUT2D eigenvalue weighted by Gasteiger charge is -2.09. The summed E-state index contributed by atoms with van der Waals surface area (Å²) in [4.78, 5) is 10.8. The van der Waals surface area contributed by atoms with Gasteiger partial charge in [0.15, 0.2) is 0 Å². The molecular weight excluding hydrogens is 310 g/mol. The quantitative estimate of drug-likeness (QED) is 0.550. The molecule has 0 spiro atoms. The lowest BCUT2D eigenvalue weighted by molar-refractivity contribution is 0.0697. The summed E-state index contributed by atoms with van der Waals surface area (Å²) in [6, 6.07) is 4.14. The summed E-state index contributed by atoms with van der Waals surface area (Å²) >= 11 is 5.77. The number of rotatable bonds is 8. The van der Waals surface area contributed by atoms with Crippen molar-refractivity contribution >= 4 is 33.4 Å². The summed E-state index contributed by atoms with van der Waals surface area (Å²) in [5, 5.41) is 11.5. The number of anilines is 1. The molecule has 0 amide bonds. The highest BCUT2D eigenvalue weighted by molar-refractivity contribution is 7.86. The van der Waals surface area contributed by atoms with Crippen molar-refractivity contribution in [2.24, 2.45) is 0 Å². The first-order valence-corrected chi connectivity index (χ1v) is 7.44. The Labute approximate surface area is 121 Å². The number of ether oxygens (including phenoxy) is 1. The zero-order chi connectivity index (χ0) is 15.2. The lowest BCUT2D eigenvalue weighted by Crippen LogP contribution is -2.18. The average molecular weight is 324 g/mol. The molecule has 112 valence electrons. The Morgan fingerprint density at radius 3 is 2.70 bits per heavy atom. The Kier molecular flexibility index (Phi) is 6.21. The second kappa shape index (κ2) is 7.44. The van der Waals surface area contributed by atoms with E-state index in [0.717, 1.165) is 0 Å². The normalized spacial score (nSPS) is 11.3. The molecule has 0 fully saturated rings. The fraction of sp³-hybridized carbons (Fsp3) is 0.364. The van der Waals surface area contributed by atoms with Crippen LogP contribution in [0.4, 0.5) is 5.69 Å². The molecule has 0 unspecified atom stereocenters. The molecule has 0 aliphatic rings. The number of benzene rings is 1. The first-order valence-electron chi connectivity index (χ1n) is 5.48. The predicted molar refractivity (Wildman–Crippen MR) is 73.6 cm³/mol. The highest BCUT2D eigenvalue weighted by Gasteiger charge is 2.11. The van der Waals surface area contributed by atoms with E-state index >= 15 is 0 Å². The van der Waals surface area contributed by atoms with Crippen LogP contribution in [0.3, 0.4) is 0 Å². The Hall–Kier alpha value is -1.35. The van der Waals surface area contributed by atoms with Crippen molar-refractivity contribution in [2.45, 2.75) is 0 Å². The zero-order valence-electron chi connectivity index (χ0n) is 10.6. The molecule has 9 heteroatoms. The molecule has 20 heavy (non-hydrogen) atoms. The summed E-state index contributed by atoms with van der Waals surface area (Å²) in [7, 11) is -2.27. The fourth-order valence-corrected chi connectivity index (χ4v) is 2.23. The Balaban J connectivity index is 2.55. The van der Waals surface area contributed by atoms with Gasteiger partial charge in [-0.2, -0.15) is 8.42 Å². The molecule has 0 saturated heterocycles. The van der Waals surface area contributed by atoms with Gasteiger partial charge in [0.2, 0.25) is 0 Å². The SMILES string of the molecule is COCCS(=O)(=O)OCNc1ccc(C(=O)O)c(Cl)c1. The maximum atomic E-state index is 11.3. The van der Waals surface area contributed by atoms with Gasteiger partial charge in [0, 0.05) is 12.8 Å². The van der Waals surface area contributed by atoms with E-state index in [1.165, 1.54) is 25.3 Å². The second-order valence-electron chi connectivity index (χ2n) is 3.69. The van der Waals surface area contributed by atoms with Crippen molar-refractivity contribution in [1.29, 1.82) is 0 Å². The summed E-state index contributed by atoms with van der Waals surface area (Å²) < 4.78 is 32.0. The van der Waals surface area contributed by atoms with Crippen LogP contribution in [0.1, 0.15) is 10.4 Å². The van der Waals surface area contributed by atoms with Crippen LogP contribution in [0.2, 0.25) is 5.02 Å². The van der Waals surface area contributed by atoms with Crippen molar-refractivity contribution in [1.82, 2.24) is 0 Å². The van der Waals surface area contributed by atoms with Gasteiger partial charge in [0.1, 0.15) is 6.73 Å². The van der Waals surface area contributed by atoms with E-state index in [2.05, 4.69) is 14.2 Å². The van der Waals surface area contributed by atoms with E-state index in [4.69, 9.17) is 16.7 Å². The predicted octanol–water partition coefficient (Wildman–Crippen LogP) is 1.40. The molecule has 2 N–H and O–H groups in total. The second-order valence-corrected chi connectivity index (χ2v) is 5.86. The molecule has 0 bridgehead atoms. The van der Waals surface area contributed by atoms with E-state index in [-0.39, 0.29) is 29.7 Å². The number of halogens is 1. The smallest absolute Gasteiger partial charge is 0.337 e. The first-order chi connectivity index (χ1) is 9.35. The maximum Gasteiger partial charge on any atom is 0.337 e. The number of nitrogens with one attached hydrogen (secondary N) is 1. The molecule has 1 rings (SSSR count). The number of aromatic carboxylic acids is 1. The summed E-state index contributed by atoms with van der Waals surface area (Å²) in [5.41, 5.74) is 0.410. The molecule has 1 aromatic rings. The minimum absolute atomic E-state index is 0.0362. The number of hydrogen-bond acceptors (Lipinski definition) is 6. The maximum absolute atomic E-state index is 11.3. The highest BCUT2D eigenvalue weighted by Crippen LogP contribution is 2.20.